The highest BCUT2D eigenvalue weighted by molar-refractivity contribution is 7.07. The number of ether oxygens (including phenoxy) is 3. The van der Waals surface area contributed by atoms with Crippen LogP contribution in [0, 0.1) is 5.82 Å². The molecule has 0 aliphatic carbocycles. The lowest BCUT2D eigenvalue weighted by Crippen LogP contribution is -2.40. The van der Waals surface area contributed by atoms with Gasteiger partial charge in [-0.1, -0.05) is 77.5 Å². The molecule has 0 unspecified atom stereocenters. The predicted molar refractivity (Wildman–Crippen MR) is 181 cm³/mol. The van der Waals surface area contributed by atoms with Crippen LogP contribution in [0.3, 0.4) is 0 Å². The van der Waals surface area contributed by atoms with E-state index in [1.807, 2.05) is 61.5 Å². The lowest BCUT2D eigenvalue weighted by atomic mass is 9.93. The van der Waals surface area contributed by atoms with Crippen molar-refractivity contribution >= 4 is 40.7 Å². The molecule has 10 heteroatoms. The minimum atomic E-state index is -0.827. The van der Waals surface area contributed by atoms with Crippen molar-refractivity contribution in [1.29, 1.82) is 0 Å². The molecule has 0 bridgehead atoms. The number of carbonyl (C=O) groups is 1. The summed E-state index contributed by atoms with van der Waals surface area (Å²) in [7, 11) is 0. The molecule has 1 aromatic heterocycles. The van der Waals surface area contributed by atoms with Crippen molar-refractivity contribution in [3.8, 4) is 11.5 Å². The summed E-state index contributed by atoms with van der Waals surface area (Å²) in [5.41, 5.74) is 3.12. The molecule has 238 valence electrons. The standard InChI is InChI=1S/C37H30ClFN2O5S/c1-3-44-29-17-12-25(13-18-29)34-32(36(43)45-4-2)33(24-8-6-5-7-9-24)40-37-41(34)35(42)31(47-37)21-26-20-27(38)14-19-30(26)46-22-23-10-15-28(39)16-11-23/h5-21,34H,3-4,22H2,1-2H3/b31-21-/t34-/m0/s1. The molecule has 5 aromatic rings. The number of thiazole rings is 1. The van der Waals surface area contributed by atoms with Gasteiger partial charge in [-0.2, -0.15) is 0 Å². The molecule has 0 N–H and O–H groups in total. The largest absolute Gasteiger partial charge is 0.494 e. The molecule has 1 aliphatic rings. The normalized spacial score (nSPS) is 14.4. The first kappa shape index (κ1) is 32.0. The van der Waals surface area contributed by atoms with Crippen molar-refractivity contribution in [1.82, 2.24) is 4.57 Å². The zero-order valence-electron chi connectivity index (χ0n) is 25.6. The number of halogens is 2. The third-order valence-corrected chi connectivity index (χ3v) is 8.66. The summed E-state index contributed by atoms with van der Waals surface area (Å²) in [5.74, 6) is 0.267. The van der Waals surface area contributed by atoms with Gasteiger partial charge < -0.3 is 14.2 Å². The Kier molecular flexibility index (Phi) is 9.65. The molecule has 0 fully saturated rings. The molecule has 1 atom stereocenters. The minimum absolute atomic E-state index is 0.153. The van der Waals surface area contributed by atoms with Gasteiger partial charge in [0.25, 0.3) is 5.56 Å². The van der Waals surface area contributed by atoms with E-state index in [0.29, 0.717) is 49.3 Å². The number of fused-ring (bicyclic) bond motifs is 1. The highest BCUT2D eigenvalue weighted by atomic mass is 35.5. The Morgan fingerprint density at radius 3 is 2.40 bits per heavy atom. The van der Waals surface area contributed by atoms with Crippen LogP contribution in [-0.2, 0) is 16.1 Å². The second-order valence-electron chi connectivity index (χ2n) is 10.5. The summed E-state index contributed by atoms with van der Waals surface area (Å²) in [6.07, 6.45) is 1.71. The average molecular weight is 669 g/mol. The van der Waals surface area contributed by atoms with Crippen LogP contribution in [-0.4, -0.2) is 23.8 Å². The molecule has 6 rings (SSSR count). The Morgan fingerprint density at radius 1 is 0.957 bits per heavy atom. The fraction of sp³-hybridized carbons (Fsp3) is 0.162. The summed E-state index contributed by atoms with van der Waals surface area (Å²) in [6.45, 7) is 4.48. The Bertz CT molecular complexity index is 2130. The highest BCUT2D eigenvalue weighted by Gasteiger charge is 2.35. The molecule has 0 spiro atoms. The van der Waals surface area contributed by atoms with E-state index in [-0.39, 0.29) is 30.2 Å². The number of aromatic nitrogens is 1. The number of rotatable bonds is 10. The average Bonchev–Trinajstić information content (AvgIpc) is 3.39. The van der Waals surface area contributed by atoms with Crippen LogP contribution in [0.2, 0.25) is 5.02 Å². The SMILES string of the molecule is CCOC(=O)C1=C(c2ccccc2)N=c2s/c(=C\c3cc(Cl)ccc3OCc3ccc(F)cc3)c(=O)n2[C@H]1c1ccc(OCC)cc1. The van der Waals surface area contributed by atoms with E-state index in [0.717, 1.165) is 11.1 Å². The van der Waals surface area contributed by atoms with Gasteiger partial charge in [-0.15, -0.1) is 0 Å². The van der Waals surface area contributed by atoms with Gasteiger partial charge in [-0.25, -0.2) is 14.2 Å². The lowest BCUT2D eigenvalue weighted by molar-refractivity contribution is -0.138. The van der Waals surface area contributed by atoms with Gasteiger partial charge in [0.1, 0.15) is 23.9 Å². The van der Waals surface area contributed by atoms with Gasteiger partial charge in [0, 0.05) is 16.1 Å². The Hall–Kier alpha value is -4.99. The Labute approximate surface area is 279 Å². The fourth-order valence-corrected chi connectivity index (χ4v) is 6.49. The maximum Gasteiger partial charge on any atom is 0.338 e. The van der Waals surface area contributed by atoms with E-state index in [1.54, 1.807) is 43.3 Å². The maximum atomic E-state index is 14.3. The summed E-state index contributed by atoms with van der Waals surface area (Å²) in [4.78, 5) is 33.3. The molecule has 4 aromatic carbocycles. The summed E-state index contributed by atoms with van der Waals surface area (Å²) < 4.78 is 32.6. The fourth-order valence-electron chi connectivity index (χ4n) is 5.32. The van der Waals surface area contributed by atoms with Gasteiger partial charge >= 0.3 is 5.97 Å². The van der Waals surface area contributed by atoms with Gasteiger partial charge in [0.2, 0.25) is 0 Å². The van der Waals surface area contributed by atoms with Crippen molar-refractivity contribution in [2.45, 2.75) is 26.5 Å². The molecule has 7 nitrogen and oxygen atoms in total. The molecular weight excluding hydrogens is 639 g/mol. The Balaban J connectivity index is 1.52. The van der Waals surface area contributed by atoms with Gasteiger partial charge in [0.05, 0.1) is 35.1 Å². The smallest absolute Gasteiger partial charge is 0.338 e. The van der Waals surface area contributed by atoms with E-state index in [2.05, 4.69) is 0 Å². The second-order valence-corrected chi connectivity index (χ2v) is 12.0. The number of benzene rings is 4. The first-order valence-corrected chi connectivity index (χ1v) is 16.2. The topological polar surface area (TPSA) is 79.1 Å². The lowest BCUT2D eigenvalue weighted by Gasteiger charge is -2.26. The number of esters is 1. The van der Waals surface area contributed by atoms with Crippen LogP contribution < -0.4 is 24.4 Å². The summed E-state index contributed by atoms with van der Waals surface area (Å²) >= 11 is 7.58. The maximum absolute atomic E-state index is 14.3. The zero-order valence-corrected chi connectivity index (χ0v) is 27.2. The zero-order chi connectivity index (χ0) is 32.9. The summed E-state index contributed by atoms with van der Waals surface area (Å²) in [5, 5.41) is 0.460. The number of nitrogens with zero attached hydrogens (tertiary/aromatic N) is 2. The molecule has 2 heterocycles. The molecule has 0 saturated heterocycles. The van der Waals surface area contributed by atoms with Crippen LogP contribution >= 0.6 is 22.9 Å². The first-order valence-electron chi connectivity index (χ1n) is 15.0. The van der Waals surface area contributed by atoms with Gasteiger partial charge in [-0.3, -0.25) is 9.36 Å². The summed E-state index contributed by atoms with van der Waals surface area (Å²) in [6, 6.07) is 27.0. The van der Waals surface area contributed by atoms with Crippen LogP contribution in [0.4, 0.5) is 4.39 Å². The molecular formula is C37H30ClFN2O5S. The molecule has 1 aliphatic heterocycles. The number of hydrogen-bond donors (Lipinski definition) is 0. The van der Waals surface area contributed by atoms with E-state index in [4.69, 9.17) is 30.8 Å². The molecule has 0 amide bonds. The number of hydrogen-bond acceptors (Lipinski definition) is 7. The molecule has 0 saturated carbocycles. The van der Waals surface area contributed by atoms with E-state index < -0.39 is 12.0 Å². The monoisotopic (exact) mass is 668 g/mol. The highest BCUT2D eigenvalue weighted by Crippen LogP contribution is 2.36. The molecule has 47 heavy (non-hydrogen) atoms. The second kappa shape index (κ2) is 14.2. The van der Waals surface area contributed by atoms with E-state index in [9.17, 15) is 14.0 Å². The quantitative estimate of drug-likeness (QED) is 0.155. The Morgan fingerprint density at radius 2 is 1.70 bits per heavy atom. The van der Waals surface area contributed by atoms with Crippen LogP contribution in [0.1, 0.15) is 42.1 Å². The van der Waals surface area contributed by atoms with Crippen molar-refractivity contribution in [3.63, 3.8) is 0 Å². The molecule has 0 radical (unpaired) electrons. The van der Waals surface area contributed by atoms with Crippen molar-refractivity contribution in [3.05, 3.63) is 155 Å². The van der Waals surface area contributed by atoms with Crippen molar-refractivity contribution in [2.24, 2.45) is 4.99 Å². The third-order valence-electron chi connectivity index (χ3n) is 7.45. The van der Waals surface area contributed by atoms with E-state index in [1.165, 1.54) is 28.0 Å². The van der Waals surface area contributed by atoms with E-state index >= 15 is 0 Å². The first-order chi connectivity index (χ1) is 22.9. The van der Waals surface area contributed by atoms with Crippen LogP contribution in [0.5, 0.6) is 11.5 Å². The third kappa shape index (κ3) is 6.91. The van der Waals surface area contributed by atoms with Crippen molar-refractivity contribution < 1.29 is 23.4 Å². The van der Waals surface area contributed by atoms with Crippen molar-refractivity contribution in [2.75, 3.05) is 13.2 Å². The minimum Gasteiger partial charge on any atom is -0.494 e. The van der Waals surface area contributed by atoms with Crippen LogP contribution in [0.25, 0.3) is 11.8 Å². The van der Waals surface area contributed by atoms with Crippen LogP contribution in [0.15, 0.2) is 112 Å². The predicted octanol–water partition coefficient (Wildman–Crippen LogP) is 6.71. The number of carbonyl (C=O) groups excluding carboxylic acids is 1. The van der Waals surface area contributed by atoms with Gasteiger partial charge in [-0.05, 0) is 73.5 Å². The van der Waals surface area contributed by atoms with Gasteiger partial charge in [0.15, 0.2) is 4.80 Å².